The van der Waals surface area contributed by atoms with Crippen molar-refractivity contribution in [2.24, 2.45) is 11.1 Å². The molecule has 0 aliphatic heterocycles. The Morgan fingerprint density at radius 1 is 1.39 bits per heavy atom. The number of nitrogens with zero attached hydrogens (tertiary/aromatic N) is 1. The normalized spacial score (nSPS) is 11.4. The molecule has 0 spiro atoms. The SMILES string of the molecule is CC(C)(CCCOCCc1ccccn1)C(N)=S. The Morgan fingerprint density at radius 3 is 2.78 bits per heavy atom. The summed E-state index contributed by atoms with van der Waals surface area (Å²) in [6.45, 7) is 5.61. The Kier molecular flexibility index (Phi) is 6.22. The summed E-state index contributed by atoms with van der Waals surface area (Å²) in [6.07, 6.45) is 4.61. The van der Waals surface area contributed by atoms with Crippen LogP contribution in [0.2, 0.25) is 0 Å². The maximum absolute atomic E-state index is 5.67. The third-order valence-electron chi connectivity index (χ3n) is 2.99. The topological polar surface area (TPSA) is 48.1 Å². The van der Waals surface area contributed by atoms with Crippen molar-refractivity contribution in [1.29, 1.82) is 0 Å². The molecule has 18 heavy (non-hydrogen) atoms. The zero-order chi connectivity index (χ0) is 13.4. The highest BCUT2D eigenvalue weighted by Crippen LogP contribution is 2.22. The molecule has 2 N–H and O–H groups in total. The van der Waals surface area contributed by atoms with E-state index in [0.29, 0.717) is 11.6 Å². The van der Waals surface area contributed by atoms with Crippen LogP contribution >= 0.6 is 12.2 Å². The summed E-state index contributed by atoms with van der Waals surface area (Å²) in [5.74, 6) is 0. The van der Waals surface area contributed by atoms with Crippen molar-refractivity contribution in [2.75, 3.05) is 13.2 Å². The molecule has 0 saturated heterocycles. The Labute approximate surface area is 115 Å². The summed E-state index contributed by atoms with van der Waals surface area (Å²) in [4.78, 5) is 4.82. The first-order chi connectivity index (χ1) is 8.52. The predicted molar refractivity (Wildman–Crippen MR) is 78.6 cm³/mol. The van der Waals surface area contributed by atoms with E-state index in [1.54, 1.807) is 6.20 Å². The molecule has 100 valence electrons. The van der Waals surface area contributed by atoms with Gasteiger partial charge in [0.2, 0.25) is 0 Å². The molecular formula is C14H22N2OS. The monoisotopic (exact) mass is 266 g/mol. The van der Waals surface area contributed by atoms with Crippen molar-refractivity contribution in [2.45, 2.75) is 33.1 Å². The number of nitrogens with two attached hydrogens (primary N) is 1. The van der Waals surface area contributed by atoms with Crippen LogP contribution in [0.25, 0.3) is 0 Å². The van der Waals surface area contributed by atoms with Gasteiger partial charge in [0.1, 0.15) is 0 Å². The van der Waals surface area contributed by atoms with E-state index in [1.165, 1.54) is 0 Å². The molecule has 0 bridgehead atoms. The lowest BCUT2D eigenvalue weighted by atomic mass is 9.88. The number of pyridine rings is 1. The maximum atomic E-state index is 5.67. The average molecular weight is 266 g/mol. The van der Waals surface area contributed by atoms with Gasteiger partial charge in [0.25, 0.3) is 0 Å². The molecule has 3 nitrogen and oxygen atoms in total. The highest BCUT2D eigenvalue weighted by molar-refractivity contribution is 7.80. The van der Waals surface area contributed by atoms with Crippen LogP contribution < -0.4 is 5.73 Å². The van der Waals surface area contributed by atoms with Crippen LogP contribution in [0.5, 0.6) is 0 Å². The van der Waals surface area contributed by atoms with Crippen LogP contribution in [0.15, 0.2) is 24.4 Å². The molecule has 0 radical (unpaired) electrons. The Morgan fingerprint density at radius 2 is 2.17 bits per heavy atom. The summed E-state index contributed by atoms with van der Waals surface area (Å²) in [6, 6.07) is 5.93. The zero-order valence-corrected chi connectivity index (χ0v) is 12.0. The van der Waals surface area contributed by atoms with E-state index < -0.39 is 0 Å². The number of hydrogen-bond acceptors (Lipinski definition) is 3. The van der Waals surface area contributed by atoms with E-state index in [4.69, 9.17) is 22.7 Å². The number of hydrogen-bond donors (Lipinski definition) is 1. The standard InChI is InChI=1S/C14H22N2OS/c1-14(2,13(15)18)8-5-10-17-11-7-12-6-3-4-9-16-12/h3-4,6,9H,5,7-8,10-11H2,1-2H3,(H2,15,18). The first kappa shape index (κ1) is 15.1. The number of thiocarbonyl (C=S) groups is 1. The molecular weight excluding hydrogens is 244 g/mol. The van der Waals surface area contributed by atoms with E-state index in [9.17, 15) is 0 Å². The molecule has 0 aliphatic rings. The van der Waals surface area contributed by atoms with Crippen molar-refractivity contribution < 1.29 is 4.74 Å². The molecule has 0 unspecified atom stereocenters. The van der Waals surface area contributed by atoms with Crippen molar-refractivity contribution in [3.63, 3.8) is 0 Å². The molecule has 1 aromatic rings. The fraction of sp³-hybridized carbons (Fsp3) is 0.571. The molecule has 0 fully saturated rings. The van der Waals surface area contributed by atoms with Gasteiger partial charge in [-0.25, -0.2) is 0 Å². The molecule has 1 aromatic heterocycles. The highest BCUT2D eigenvalue weighted by Gasteiger charge is 2.20. The van der Waals surface area contributed by atoms with Crippen LogP contribution in [-0.4, -0.2) is 23.2 Å². The lowest BCUT2D eigenvalue weighted by Crippen LogP contribution is -2.29. The molecule has 0 saturated carbocycles. The second-order valence-electron chi connectivity index (χ2n) is 5.04. The van der Waals surface area contributed by atoms with Gasteiger partial charge in [0.05, 0.1) is 11.6 Å². The van der Waals surface area contributed by atoms with Crippen molar-refractivity contribution in [3.05, 3.63) is 30.1 Å². The molecule has 1 rings (SSSR count). The van der Waals surface area contributed by atoms with Crippen LogP contribution in [0.4, 0.5) is 0 Å². The summed E-state index contributed by atoms with van der Waals surface area (Å²) in [5.41, 5.74) is 6.67. The minimum Gasteiger partial charge on any atom is -0.393 e. The van der Waals surface area contributed by atoms with E-state index in [1.807, 2.05) is 18.2 Å². The van der Waals surface area contributed by atoms with Gasteiger partial charge < -0.3 is 10.5 Å². The molecule has 0 aromatic carbocycles. The average Bonchev–Trinajstić information content (AvgIpc) is 2.34. The Bertz CT molecular complexity index is 365. The predicted octanol–water partition coefficient (Wildman–Crippen LogP) is 2.73. The van der Waals surface area contributed by atoms with Gasteiger partial charge in [0, 0.05) is 30.3 Å². The van der Waals surface area contributed by atoms with Crippen LogP contribution in [-0.2, 0) is 11.2 Å². The van der Waals surface area contributed by atoms with E-state index in [-0.39, 0.29) is 5.41 Å². The van der Waals surface area contributed by atoms with Crippen LogP contribution in [0.1, 0.15) is 32.4 Å². The fourth-order valence-corrected chi connectivity index (χ4v) is 1.67. The highest BCUT2D eigenvalue weighted by atomic mass is 32.1. The zero-order valence-electron chi connectivity index (χ0n) is 11.2. The Balaban J connectivity index is 2.08. The van der Waals surface area contributed by atoms with Crippen LogP contribution in [0.3, 0.4) is 0 Å². The van der Waals surface area contributed by atoms with Crippen molar-refractivity contribution >= 4 is 17.2 Å². The lowest BCUT2D eigenvalue weighted by molar-refractivity contribution is 0.128. The fourth-order valence-electron chi connectivity index (χ4n) is 1.56. The first-order valence-electron chi connectivity index (χ1n) is 6.30. The summed E-state index contributed by atoms with van der Waals surface area (Å²) in [7, 11) is 0. The van der Waals surface area contributed by atoms with Gasteiger partial charge in [0.15, 0.2) is 0 Å². The van der Waals surface area contributed by atoms with E-state index in [0.717, 1.165) is 31.6 Å². The third kappa shape index (κ3) is 5.56. The van der Waals surface area contributed by atoms with Gasteiger partial charge >= 0.3 is 0 Å². The first-order valence-corrected chi connectivity index (χ1v) is 6.71. The minimum absolute atomic E-state index is 0.0698. The van der Waals surface area contributed by atoms with Gasteiger partial charge in [-0.1, -0.05) is 32.1 Å². The van der Waals surface area contributed by atoms with E-state index in [2.05, 4.69) is 18.8 Å². The number of rotatable bonds is 8. The summed E-state index contributed by atoms with van der Waals surface area (Å²) < 4.78 is 5.59. The maximum Gasteiger partial charge on any atom is 0.0784 e. The van der Waals surface area contributed by atoms with E-state index >= 15 is 0 Å². The number of aromatic nitrogens is 1. The third-order valence-corrected chi connectivity index (χ3v) is 3.54. The van der Waals surface area contributed by atoms with Gasteiger partial charge in [-0.15, -0.1) is 0 Å². The molecule has 0 atom stereocenters. The number of ether oxygens (including phenoxy) is 1. The minimum atomic E-state index is -0.0698. The summed E-state index contributed by atoms with van der Waals surface area (Å²) >= 11 is 5.03. The molecule has 1 heterocycles. The Hall–Kier alpha value is -1.00. The molecule has 0 amide bonds. The van der Waals surface area contributed by atoms with Crippen molar-refractivity contribution in [3.8, 4) is 0 Å². The molecule has 0 aliphatic carbocycles. The van der Waals surface area contributed by atoms with Gasteiger partial charge in [-0.3, -0.25) is 4.98 Å². The molecule has 4 heteroatoms. The van der Waals surface area contributed by atoms with Gasteiger partial charge in [-0.05, 0) is 25.0 Å². The van der Waals surface area contributed by atoms with Gasteiger partial charge in [-0.2, -0.15) is 0 Å². The van der Waals surface area contributed by atoms with Crippen LogP contribution in [0, 0.1) is 5.41 Å². The lowest BCUT2D eigenvalue weighted by Gasteiger charge is -2.22. The smallest absolute Gasteiger partial charge is 0.0784 e. The second kappa shape index (κ2) is 7.44. The summed E-state index contributed by atoms with van der Waals surface area (Å²) in [5, 5.41) is 0. The largest absolute Gasteiger partial charge is 0.393 e. The quantitative estimate of drug-likeness (QED) is 0.580. The van der Waals surface area contributed by atoms with Crippen molar-refractivity contribution in [1.82, 2.24) is 4.98 Å². The second-order valence-corrected chi connectivity index (χ2v) is 5.47.